The van der Waals surface area contributed by atoms with Gasteiger partial charge in [0.25, 0.3) is 0 Å². The third-order valence-corrected chi connectivity index (χ3v) is 7.57. The van der Waals surface area contributed by atoms with Crippen LogP contribution in [0.5, 0.6) is 0 Å². The fraction of sp³-hybridized carbons (Fsp3) is 0.714. The number of fused-ring (bicyclic) bond motifs is 2. The summed E-state index contributed by atoms with van der Waals surface area (Å²) in [7, 11) is 1.76. The van der Waals surface area contributed by atoms with Crippen LogP contribution in [0.3, 0.4) is 0 Å². The van der Waals surface area contributed by atoms with Crippen LogP contribution in [0.4, 0.5) is 0 Å². The molecule has 1 saturated carbocycles. The standard InChI is InChI=1S/C21H29N5O3/c1-24-12-15(11-17(24)27)19(28)25-9-6-21(7-10-25)18-16(22-13-23-18)5-8-26(21)20(29)14-3-2-4-14/h13-15H,2-12H2,1H3,(H,22,23). The van der Waals surface area contributed by atoms with E-state index < -0.39 is 5.54 Å². The number of nitrogens with zero attached hydrogens (tertiary/aromatic N) is 4. The molecule has 3 amide bonds. The van der Waals surface area contributed by atoms with Crippen molar-refractivity contribution in [3.05, 3.63) is 17.7 Å². The van der Waals surface area contributed by atoms with Crippen molar-refractivity contribution in [2.45, 2.75) is 50.5 Å². The summed E-state index contributed by atoms with van der Waals surface area (Å²) < 4.78 is 0. The van der Waals surface area contributed by atoms with Crippen molar-refractivity contribution in [2.24, 2.45) is 11.8 Å². The molecule has 1 atom stereocenters. The molecule has 3 aliphatic heterocycles. The molecule has 1 aromatic rings. The van der Waals surface area contributed by atoms with E-state index in [1.807, 2.05) is 4.90 Å². The van der Waals surface area contributed by atoms with Crippen LogP contribution < -0.4 is 0 Å². The Hall–Kier alpha value is -2.38. The zero-order valence-corrected chi connectivity index (χ0v) is 17.0. The summed E-state index contributed by atoms with van der Waals surface area (Å²) in [6.07, 6.45) is 7.42. The van der Waals surface area contributed by atoms with Gasteiger partial charge in [-0.25, -0.2) is 4.98 Å². The maximum absolute atomic E-state index is 13.2. The molecule has 29 heavy (non-hydrogen) atoms. The van der Waals surface area contributed by atoms with Gasteiger partial charge in [-0.3, -0.25) is 14.4 Å². The fourth-order valence-electron chi connectivity index (χ4n) is 5.57. The molecule has 5 rings (SSSR count). The maximum Gasteiger partial charge on any atom is 0.227 e. The minimum Gasteiger partial charge on any atom is -0.348 e. The Balaban J connectivity index is 1.36. The minimum absolute atomic E-state index is 0.0440. The Morgan fingerprint density at radius 1 is 1.14 bits per heavy atom. The maximum atomic E-state index is 13.2. The SMILES string of the molecule is CN1CC(C(=O)N2CCC3(CC2)c2nc[nH]c2CCN3C(=O)C2CCC2)CC1=O. The van der Waals surface area contributed by atoms with Crippen LogP contribution in [-0.4, -0.2) is 75.6 Å². The molecule has 4 aliphatic rings. The number of nitrogens with one attached hydrogen (secondary N) is 1. The molecule has 3 fully saturated rings. The normalized spacial score (nSPS) is 26.6. The van der Waals surface area contributed by atoms with E-state index in [0.29, 0.717) is 38.9 Å². The molecule has 2 saturated heterocycles. The van der Waals surface area contributed by atoms with Crippen LogP contribution in [-0.2, 0) is 26.3 Å². The quantitative estimate of drug-likeness (QED) is 0.800. The summed E-state index contributed by atoms with van der Waals surface area (Å²) >= 11 is 0. The first kappa shape index (κ1) is 18.6. The first-order chi connectivity index (χ1) is 14.0. The summed E-state index contributed by atoms with van der Waals surface area (Å²) in [4.78, 5) is 51.6. The van der Waals surface area contributed by atoms with Crippen LogP contribution in [0.25, 0.3) is 0 Å². The van der Waals surface area contributed by atoms with Gasteiger partial charge < -0.3 is 19.7 Å². The molecule has 0 aromatic carbocycles. The van der Waals surface area contributed by atoms with Crippen LogP contribution in [0.15, 0.2) is 6.33 Å². The molecule has 1 unspecified atom stereocenters. The van der Waals surface area contributed by atoms with Crippen molar-refractivity contribution in [3.63, 3.8) is 0 Å². The van der Waals surface area contributed by atoms with Gasteiger partial charge in [0.15, 0.2) is 0 Å². The number of imidazole rings is 1. The van der Waals surface area contributed by atoms with E-state index in [1.165, 1.54) is 0 Å². The second-order valence-corrected chi connectivity index (χ2v) is 9.13. The van der Waals surface area contributed by atoms with Crippen molar-refractivity contribution in [1.29, 1.82) is 0 Å². The highest BCUT2D eigenvalue weighted by Crippen LogP contribution is 2.44. The average Bonchev–Trinajstić information content (AvgIpc) is 3.28. The molecule has 1 spiro atoms. The largest absolute Gasteiger partial charge is 0.348 e. The van der Waals surface area contributed by atoms with E-state index in [-0.39, 0.29) is 29.6 Å². The summed E-state index contributed by atoms with van der Waals surface area (Å²) in [6.45, 7) is 2.44. The number of amides is 3. The lowest BCUT2D eigenvalue weighted by atomic mass is 9.76. The third kappa shape index (κ3) is 2.87. The van der Waals surface area contributed by atoms with E-state index in [9.17, 15) is 14.4 Å². The Morgan fingerprint density at radius 3 is 2.52 bits per heavy atom. The minimum atomic E-state index is -0.403. The lowest BCUT2D eigenvalue weighted by Gasteiger charge is -2.52. The van der Waals surface area contributed by atoms with Crippen LogP contribution in [0, 0.1) is 11.8 Å². The number of aromatic amines is 1. The van der Waals surface area contributed by atoms with Gasteiger partial charge in [-0.05, 0) is 25.7 Å². The van der Waals surface area contributed by atoms with Gasteiger partial charge in [0.05, 0.1) is 23.5 Å². The van der Waals surface area contributed by atoms with Crippen molar-refractivity contribution in [2.75, 3.05) is 33.2 Å². The van der Waals surface area contributed by atoms with Gasteiger partial charge >= 0.3 is 0 Å². The molecule has 0 bridgehead atoms. The Labute approximate surface area is 170 Å². The summed E-state index contributed by atoms with van der Waals surface area (Å²) in [5.41, 5.74) is 1.73. The van der Waals surface area contributed by atoms with Crippen molar-refractivity contribution in [1.82, 2.24) is 24.7 Å². The van der Waals surface area contributed by atoms with E-state index >= 15 is 0 Å². The lowest BCUT2D eigenvalue weighted by molar-refractivity contribution is -0.151. The number of rotatable bonds is 2. The molecule has 156 valence electrons. The summed E-state index contributed by atoms with van der Waals surface area (Å²) in [5.74, 6) is 0.316. The topological polar surface area (TPSA) is 89.6 Å². The third-order valence-electron chi connectivity index (χ3n) is 7.57. The molecule has 1 aliphatic carbocycles. The van der Waals surface area contributed by atoms with Gasteiger partial charge in [0.2, 0.25) is 17.7 Å². The molecule has 1 aromatic heterocycles. The Kier molecular flexibility index (Phi) is 4.40. The molecular formula is C21H29N5O3. The predicted molar refractivity (Wildman–Crippen MR) is 105 cm³/mol. The molecular weight excluding hydrogens is 370 g/mol. The van der Waals surface area contributed by atoms with Crippen molar-refractivity contribution in [3.8, 4) is 0 Å². The predicted octanol–water partition coefficient (Wildman–Crippen LogP) is 0.891. The number of carbonyl (C=O) groups is 3. The number of aromatic nitrogens is 2. The first-order valence-electron chi connectivity index (χ1n) is 10.9. The van der Waals surface area contributed by atoms with Gasteiger partial charge in [-0.1, -0.05) is 6.42 Å². The lowest BCUT2D eigenvalue weighted by Crippen LogP contribution is -2.60. The monoisotopic (exact) mass is 399 g/mol. The number of hydrogen-bond donors (Lipinski definition) is 1. The summed E-state index contributed by atoms with van der Waals surface area (Å²) in [5, 5.41) is 0. The molecule has 8 heteroatoms. The van der Waals surface area contributed by atoms with E-state index in [2.05, 4.69) is 14.9 Å². The Morgan fingerprint density at radius 2 is 1.90 bits per heavy atom. The van der Waals surface area contributed by atoms with Gasteiger partial charge in [-0.2, -0.15) is 0 Å². The second-order valence-electron chi connectivity index (χ2n) is 9.13. The van der Waals surface area contributed by atoms with E-state index in [1.54, 1.807) is 18.3 Å². The zero-order valence-electron chi connectivity index (χ0n) is 17.0. The molecule has 4 heterocycles. The van der Waals surface area contributed by atoms with E-state index in [0.717, 1.165) is 43.6 Å². The molecule has 0 radical (unpaired) electrons. The van der Waals surface area contributed by atoms with Gasteiger partial charge in [-0.15, -0.1) is 0 Å². The van der Waals surface area contributed by atoms with Crippen LogP contribution in [0.1, 0.15) is 49.9 Å². The highest BCUT2D eigenvalue weighted by atomic mass is 16.2. The number of hydrogen-bond acceptors (Lipinski definition) is 4. The smallest absolute Gasteiger partial charge is 0.227 e. The second kappa shape index (κ2) is 6.85. The molecule has 1 N–H and O–H groups in total. The van der Waals surface area contributed by atoms with E-state index in [4.69, 9.17) is 0 Å². The average molecular weight is 399 g/mol. The number of piperidine rings is 1. The highest BCUT2D eigenvalue weighted by Gasteiger charge is 2.51. The molecule has 8 nitrogen and oxygen atoms in total. The van der Waals surface area contributed by atoms with Crippen molar-refractivity contribution < 1.29 is 14.4 Å². The Bertz CT molecular complexity index is 837. The highest BCUT2D eigenvalue weighted by molar-refractivity contribution is 5.89. The van der Waals surface area contributed by atoms with Gasteiger partial charge in [0, 0.05) is 57.7 Å². The van der Waals surface area contributed by atoms with Crippen LogP contribution in [0.2, 0.25) is 0 Å². The number of likely N-dealkylation sites (tertiary alicyclic amines) is 2. The fourth-order valence-corrected chi connectivity index (χ4v) is 5.57. The van der Waals surface area contributed by atoms with Crippen molar-refractivity contribution >= 4 is 17.7 Å². The zero-order chi connectivity index (χ0) is 20.2. The number of carbonyl (C=O) groups excluding carboxylic acids is 3. The van der Waals surface area contributed by atoms with Gasteiger partial charge in [0.1, 0.15) is 0 Å². The number of H-pyrrole nitrogens is 1. The first-order valence-corrected chi connectivity index (χ1v) is 10.9. The van der Waals surface area contributed by atoms with Crippen LogP contribution >= 0.6 is 0 Å². The summed E-state index contributed by atoms with van der Waals surface area (Å²) in [6, 6.07) is 0.